The lowest BCUT2D eigenvalue weighted by atomic mass is 9.73. The predicted molar refractivity (Wildman–Crippen MR) is 64.5 cm³/mol. The quantitative estimate of drug-likeness (QED) is 0.772. The zero-order chi connectivity index (χ0) is 11.0. The Kier molecular flexibility index (Phi) is 2.60. The smallest absolute Gasteiger partial charge is 0.118 e. The van der Waals surface area contributed by atoms with Gasteiger partial charge in [0, 0.05) is 12.6 Å². The molecule has 0 unspecified atom stereocenters. The van der Waals surface area contributed by atoms with Gasteiger partial charge in [0.1, 0.15) is 5.75 Å². The van der Waals surface area contributed by atoms with Crippen molar-refractivity contribution < 1.29 is 4.74 Å². The second-order valence-electron chi connectivity index (χ2n) is 5.10. The number of benzene rings is 1. The number of hydrogen-bond acceptors (Lipinski definition) is 2. The van der Waals surface area contributed by atoms with Crippen molar-refractivity contribution in [2.75, 3.05) is 13.7 Å². The first-order valence-corrected chi connectivity index (χ1v) is 6.22. The minimum absolute atomic E-state index is 0.876. The van der Waals surface area contributed by atoms with Gasteiger partial charge in [-0.25, -0.2) is 0 Å². The Morgan fingerprint density at radius 2 is 2.00 bits per heavy atom. The van der Waals surface area contributed by atoms with Gasteiger partial charge < -0.3 is 4.74 Å². The summed E-state index contributed by atoms with van der Waals surface area (Å²) in [6.07, 6.45) is 4.29. The summed E-state index contributed by atoms with van der Waals surface area (Å²) in [6.45, 7) is 2.41. The lowest BCUT2D eigenvalue weighted by molar-refractivity contribution is 0.00879. The molecule has 3 aliphatic rings. The molecule has 3 fully saturated rings. The molecule has 2 aliphatic heterocycles. The van der Waals surface area contributed by atoms with E-state index in [1.54, 1.807) is 7.11 Å². The molecule has 1 saturated carbocycles. The van der Waals surface area contributed by atoms with Crippen molar-refractivity contribution in [1.82, 2.24) is 4.90 Å². The van der Waals surface area contributed by atoms with Crippen LogP contribution in [0.1, 0.15) is 24.8 Å². The van der Waals surface area contributed by atoms with Gasteiger partial charge in [-0.05, 0) is 49.4 Å². The zero-order valence-corrected chi connectivity index (χ0v) is 9.86. The van der Waals surface area contributed by atoms with Gasteiger partial charge in [0.25, 0.3) is 0 Å². The van der Waals surface area contributed by atoms with Crippen molar-refractivity contribution in [3.8, 4) is 5.75 Å². The SMILES string of the molecule is COc1ccc(CN2CCC3CC2C3)cc1. The predicted octanol–water partition coefficient (Wildman–Crippen LogP) is 2.68. The molecule has 0 aromatic heterocycles. The second-order valence-corrected chi connectivity index (χ2v) is 5.10. The first-order chi connectivity index (χ1) is 7.85. The van der Waals surface area contributed by atoms with Crippen molar-refractivity contribution in [3.05, 3.63) is 29.8 Å². The summed E-state index contributed by atoms with van der Waals surface area (Å²) in [7, 11) is 1.72. The van der Waals surface area contributed by atoms with Gasteiger partial charge in [-0.1, -0.05) is 12.1 Å². The van der Waals surface area contributed by atoms with Crippen LogP contribution >= 0.6 is 0 Å². The molecule has 16 heavy (non-hydrogen) atoms. The highest BCUT2D eigenvalue weighted by Crippen LogP contribution is 2.39. The molecule has 0 radical (unpaired) electrons. The number of nitrogens with zero attached hydrogens (tertiary/aromatic N) is 1. The minimum atomic E-state index is 0.876. The number of ether oxygens (including phenoxy) is 1. The fourth-order valence-electron chi connectivity index (χ4n) is 2.94. The van der Waals surface area contributed by atoms with Crippen molar-refractivity contribution in [1.29, 1.82) is 0 Å². The maximum Gasteiger partial charge on any atom is 0.118 e. The van der Waals surface area contributed by atoms with E-state index in [0.29, 0.717) is 0 Å². The summed E-state index contributed by atoms with van der Waals surface area (Å²) in [5.74, 6) is 2.00. The van der Waals surface area contributed by atoms with Crippen LogP contribution in [-0.4, -0.2) is 24.6 Å². The first-order valence-electron chi connectivity index (χ1n) is 6.22. The van der Waals surface area contributed by atoms with Crippen LogP contribution in [0.25, 0.3) is 0 Å². The van der Waals surface area contributed by atoms with Crippen LogP contribution in [0.5, 0.6) is 5.75 Å². The molecule has 4 rings (SSSR count). The largest absolute Gasteiger partial charge is 0.497 e. The van der Waals surface area contributed by atoms with E-state index in [1.807, 2.05) is 0 Å². The Morgan fingerprint density at radius 1 is 1.25 bits per heavy atom. The van der Waals surface area contributed by atoms with Crippen LogP contribution in [0.2, 0.25) is 0 Å². The van der Waals surface area contributed by atoms with E-state index >= 15 is 0 Å². The fraction of sp³-hybridized carbons (Fsp3) is 0.571. The number of hydrogen-bond donors (Lipinski definition) is 0. The standard InChI is InChI=1S/C14H19NO/c1-16-14-4-2-11(3-5-14)10-15-7-6-12-8-13(15)9-12/h2-5,12-13H,6-10H2,1H3. The molecule has 0 atom stereocenters. The van der Waals surface area contributed by atoms with E-state index in [9.17, 15) is 0 Å². The molecule has 2 heteroatoms. The van der Waals surface area contributed by atoms with Gasteiger partial charge in [0.05, 0.1) is 7.11 Å². The Labute approximate surface area is 97.2 Å². The molecule has 2 nitrogen and oxygen atoms in total. The highest BCUT2D eigenvalue weighted by molar-refractivity contribution is 5.27. The molecule has 2 heterocycles. The lowest BCUT2D eigenvalue weighted by Crippen LogP contribution is -2.50. The average molecular weight is 217 g/mol. The maximum absolute atomic E-state index is 5.17. The summed E-state index contributed by atoms with van der Waals surface area (Å²) in [5.41, 5.74) is 1.41. The van der Waals surface area contributed by atoms with Crippen molar-refractivity contribution in [2.24, 2.45) is 5.92 Å². The van der Waals surface area contributed by atoms with Crippen LogP contribution in [0.4, 0.5) is 0 Å². The van der Waals surface area contributed by atoms with Crippen molar-refractivity contribution in [2.45, 2.75) is 31.8 Å². The molecular weight excluding hydrogens is 198 g/mol. The summed E-state index contributed by atoms with van der Waals surface area (Å²) in [6, 6.07) is 9.36. The third kappa shape index (κ3) is 1.82. The third-order valence-corrected chi connectivity index (χ3v) is 4.10. The monoisotopic (exact) mass is 217 g/mol. The first kappa shape index (κ1) is 10.2. The molecule has 1 aliphatic carbocycles. The molecular formula is C14H19NO. The summed E-state index contributed by atoms with van der Waals surface area (Å²) in [5, 5.41) is 0. The van der Waals surface area contributed by atoms with E-state index in [0.717, 1.165) is 24.3 Å². The minimum Gasteiger partial charge on any atom is -0.497 e. The van der Waals surface area contributed by atoms with E-state index in [1.165, 1.54) is 31.4 Å². The van der Waals surface area contributed by atoms with Gasteiger partial charge in [0.15, 0.2) is 0 Å². The molecule has 2 saturated heterocycles. The van der Waals surface area contributed by atoms with Gasteiger partial charge in [-0.15, -0.1) is 0 Å². The number of piperidine rings is 2. The Balaban J connectivity index is 1.64. The van der Waals surface area contributed by atoms with E-state index in [4.69, 9.17) is 4.74 Å². The fourth-order valence-corrected chi connectivity index (χ4v) is 2.94. The van der Waals surface area contributed by atoms with Gasteiger partial charge in [-0.2, -0.15) is 0 Å². The van der Waals surface area contributed by atoms with Crippen LogP contribution in [0, 0.1) is 5.92 Å². The normalized spacial score (nSPS) is 28.6. The maximum atomic E-state index is 5.17. The molecule has 86 valence electrons. The summed E-state index contributed by atoms with van der Waals surface area (Å²) < 4.78 is 5.17. The van der Waals surface area contributed by atoms with Gasteiger partial charge in [-0.3, -0.25) is 4.90 Å². The Hall–Kier alpha value is -1.02. The third-order valence-electron chi connectivity index (χ3n) is 4.10. The highest BCUT2D eigenvalue weighted by Gasteiger charge is 2.37. The molecule has 1 aromatic carbocycles. The number of rotatable bonds is 3. The van der Waals surface area contributed by atoms with Gasteiger partial charge >= 0.3 is 0 Å². The molecule has 1 aromatic rings. The van der Waals surface area contributed by atoms with Crippen LogP contribution in [0.3, 0.4) is 0 Å². The highest BCUT2D eigenvalue weighted by atomic mass is 16.5. The van der Waals surface area contributed by atoms with E-state index in [2.05, 4.69) is 29.2 Å². The molecule has 2 bridgehead atoms. The summed E-state index contributed by atoms with van der Waals surface area (Å²) >= 11 is 0. The van der Waals surface area contributed by atoms with E-state index < -0.39 is 0 Å². The Morgan fingerprint density at radius 3 is 2.56 bits per heavy atom. The molecule has 0 amide bonds. The Bertz CT molecular complexity index is 351. The second kappa shape index (κ2) is 4.10. The van der Waals surface area contributed by atoms with Gasteiger partial charge in [0.2, 0.25) is 0 Å². The lowest BCUT2D eigenvalue weighted by Gasteiger charge is -2.49. The number of methoxy groups -OCH3 is 1. The topological polar surface area (TPSA) is 12.5 Å². The van der Waals surface area contributed by atoms with Crippen LogP contribution < -0.4 is 4.74 Å². The average Bonchev–Trinajstić information content (AvgIpc) is 2.29. The van der Waals surface area contributed by atoms with Crippen molar-refractivity contribution >= 4 is 0 Å². The summed E-state index contributed by atoms with van der Waals surface area (Å²) in [4.78, 5) is 2.64. The van der Waals surface area contributed by atoms with Crippen molar-refractivity contribution in [3.63, 3.8) is 0 Å². The molecule has 0 N–H and O–H groups in total. The number of fused-ring (bicyclic) bond motifs is 2. The molecule has 0 spiro atoms. The zero-order valence-electron chi connectivity index (χ0n) is 9.86. The van der Waals surface area contributed by atoms with E-state index in [-0.39, 0.29) is 0 Å². The van der Waals surface area contributed by atoms with Crippen LogP contribution in [-0.2, 0) is 6.54 Å². The van der Waals surface area contributed by atoms with Crippen LogP contribution in [0.15, 0.2) is 24.3 Å².